The molecule has 0 bridgehead atoms. The lowest BCUT2D eigenvalue weighted by molar-refractivity contribution is -0.137. The smallest absolute Gasteiger partial charge is 0.319 e. The Hall–Kier alpha value is -4.47. The molecule has 0 aliphatic rings. The van der Waals surface area contributed by atoms with Gasteiger partial charge in [-0.05, 0) is 36.2 Å². The maximum absolute atomic E-state index is 12.7. The first-order chi connectivity index (χ1) is 16.7. The first-order valence-corrected chi connectivity index (χ1v) is 10.7. The molecule has 1 atom stereocenters. The van der Waals surface area contributed by atoms with Crippen LogP contribution in [-0.2, 0) is 11.8 Å². The van der Waals surface area contributed by atoms with E-state index in [1.165, 1.54) is 32.0 Å². The number of nitrogens with one attached hydrogen (secondary N) is 2. The Morgan fingerprint density at radius 3 is 2.31 bits per heavy atom. The number of benzene rings is 2. The van der Waals surface area contributed by atoms with Gasteiger partial charge in [-0.3, -0.25) is 9.59 Å². The molecule has 1 heterocycles. The monoisotopic (exact) mass is 481 g/mol. The van der Waals surface area contributed by atoms with E-state index in [0.29, 0.717) is 33.8 Å². The highest BCUT2D eigenvalue weighted by Gasteiger charge is 2.22. The predicted octanol–water partition coefficient (Wildman–Crippen LogP) is 3.42. The summed E-state index contributed by atoms with van der Waals surface area (Å²) in [7, 11) is 4.56. The number of ether oxygens (including phenoxy) is 2. The molecule has 2 aromatic carbocycles. The van der Waals surface area contributed by atoms with Crippen molar-refractivity contribution in [2.24, 2.45) is 7.05 Å². The normalized spacial score (nSPS) is 11.4. The number of pyridine rings is 1. The summed E-state index contributed by atoms with van der Waals surface area (Å²) in [6.45, 7) is 1.59. The number of aryl methyl sites for hydroxylation is 2. The number of amides is 2. The average Bonchev–Trinajstić information content (AvgIpc) is 2.84. The maximum Gasteiger partial charge on any atom is 0.319 e. The van der Waals surface area contributed by atoms with Crippen molar-refractivity contribution < 1.29 is 29.3 Å². The van der Waals surface area contributed by atoms with Crippen LogP contribution in [0.5, 0.6) is 17.2 Å². The second kappa shape index (κ2) is 10.6. The van der Waals surface area contributed by atoms with E-state index in [0.717, 1.165) is 0 Å². The minimum atomic E-state index is -1.13. The first-order valence-electron chi connectivity index (χ1n) is 10.7. The van der Waals surface area contributed by atoms with Crippen LogP contribution in [0.25, 0.3) is 11.1 Å². The number of nitrogens with zero attached hydrogens (tertiary/aromatic N) is 1. The van der Waals surface area contributed by atoms with Crippen molar-refractivity contribution >= 4 is 17.7 Å². The van der Waals surface area contributed by atoms with Gasteiger partial charge in [0.2, 0.25) is 0 Å². The van der Waals surface area contributed by atoms with Crippen molar-refractivity contribution in [3.63, 3.8) is 0 Å². The van der Waals surface area contributed by atoms with E-state index in [1.807, 2.05) is 6.07 Å². The van der Waals surface area contributed by atoms with Gasteiger partial charge in [0.15, 0.2) is 5.69 Å². The van der Waals surface area contributed by atoms with Crippen molar-refractivity contribution in [3.05, 3.63) is 70.1 Å². The predicted molar refractivity (Wildman–Crippen MR) is 130 cm³/mol. The zero-order chi connectivity index (χ0) is 25.7. The largest absolute Gasteiger partial charge is 0.505 e. The lowest BCUT2D eigenvalue weighted by Crippen LogP contribution is -2.36. The summed E-state index contributed by atoms with van der Waals surface area (Å²) in [5.74, 6) is -0.367. The van der Waals surface area contributed by atoms with Gasteiger partial charge in [-0.15, -0.1) is 0 Å². The number of carbonyl (C=O) groups is 2. The number of urea groups is 1. The van der Waals surface area contributed by atoms with Crippen molar-refractivity contribution in [2.45, 2.75) is 19.4 Å². The van der Waals surface area contributed by atoms with Crippen LogP contribution in [0, 0.1) is 6.92 Å². The molecule has 4 N–H and O–H groups in total. The summed E-state index contributed by atoms with van der Waals surface area (Å²) >= 11 is 0. The molecule has 10 heteroatoms. The number of aromatic hydroxyl groups is 1. The molecule has 3 rings (SSSR count). The molecule has 1 aromatic heterocycles. The van der Waals surface area contributed by atoms with Gasteiger partial charge in [0, 0.05) is 18.8 Å². The highest BCUT2D eigenvalue weighted by molar-refractivity contribution is 5.91. The van der Waals surface area contributed by atoms with Gasteiger partial charge >= 0.3 is 12.0 Å². The SMILES string of the molecule is COc1cccc(OC)c1-c1cccc([C@H](CC(=O)O)NC(=O)Nc2c(O)c(C)cn(C)c2=O)c1. The Kier molecular flexibility index (Phi) is 7.65. The molecule has 0 unspecified atom stereocenters. The zero-order valence-corrected chi connectivity index (χ0v) is 19.8. The van der Waals surface area contributed by atoms with Gasteiger partial charge in [0.25, 0.3) is 5.56 Å². The van der Waals surface area contributed by atoms with E-state index in [2.05, 4.69) is 10.6 Å². The van der Waals surface area contributed by atoms with E-state index >= 15 is 0 Å². The molecular weight excluding hydrogens is 454 g/mol. The third-order valence-electron chi connectivity index (χ3n) is 5.46. The van der Waals surface area contributed by atoms with Crippen molar-refractivity contribution in [1.29, 1.82) is 0 Å². The Morgan fingerprint density at radius 1 is 1.09 bits per heavy atom. The minimum Gasteiger partial charge on any atom is -0.505 e. The van der Waals surface area contributed by atoms with Crippen LogP contribution in [0.1, 0.15) is 23.6 Å². The second-order valence-electron chi connectivity index (χ2n) is 7.86. The molecule has 0 spiro atoms. The number of hydrogen-bond donors (Lipinski definition) is 4. The van der Waals surface area contributed by atoms with Crippen LogP contribution < -0.4 is 25.7 Å². The lowest BCUT2D eigenvalue weighted by atomic mass is 9.96. The van der Waals surface area contributed by atoms with Crippen molar-refractivity contribution in [3.8, 4) is 28.4 Å². The Morgan fingerprint density at radius 2 is 1.71 bits per heavy atom. The van der Waals surface area contributed by atoms with Gasteiger partial charge in [-0.25, -0.2) is 4.79 Å². The third kappa shape index (κ3) is 5.55. The van der Waals surface area contributed by atoms with Crippen LogP contribution in [0.3, 0.4) is 0 Å². The van der Waals surface area contributed by atoms with E-state index in [-0.39, 0.29) is 11.4 Å². The van der Waals surface area contributed by atoms with Gasteiger partial charge in [-0.2, -0.15) is 0 Å². The van der Waals surface area contributed by atoms with Gasteiger partial charge in [-0.1, -0.05) is 24.3 Å². The van der Waals surface area contributed by atoms with E-state index in [4.69, 9.17) is 9.47 Å². The highest BCUT2D eigenvalue weighted by atomic mass is 16.5. The molecule has 2 amide bonds. The average molecular weight is 482 g/mol. The molecule has 35 heavy (non-hydrogen) atoms. The summed E-state index contributed by atoms with van der Waals surface area (Å²) in [5.41, 5.74) is 1.36. The van der Waals surface area contributed by atoms with Crippen LogP contribution in [0.2, 0.25) is 0 Å². The summed E-state index contributed by atoms with van der Waals surface area (Å²) < 4.78 is 12.2. The number of aliphatic carboxylic acids is 1. The standard InChI is InChI=1S/C25H27N3O7/c1-14-13-28(2)24(32)22(23(14)31)27-25(33)26-17(12-20(29)30)15-7-5-8-16(11-15)21-18(34-3)9-6-10-19(21)35-4/h5-11,13,17,31H,12H2,1-4H3,(H,29,30)(H2,26,27,33)/t17-/m0/s1. The number of carboxylic acid groups (broad SMARTS) is 1. The molecule has 0 aliphatic heterocycles. The number of carboxylic acids is 1. The van der Waals surface area contributed by atoms with Crippen LogP contribution in [0.4, 0.5) is 10.5 Å². The second-order valence-corrected chi connectivity index (χ2v) is 7.86. The zero-order valence-electron chi connectivity index (χ0n) is 19.8. The van der Waals surface area contributed by atoms with Crippen molar-refractivity contribution in [2.75, 3.05) is 19.5 Å². The highest BCUT2D eigenvalue weighted by Crippen LogP contribution is 2.39. The van der Waals surface area contributed by atoms with Gasteiger partial charge in [0.05, 0.1) is 32.2 Å². The first kappa shape index (κ1) is 25.2. The topological polar surface area (TPSA) is 139 Å². The number of rotatable bonds is 8. The van der Waals surface area contributed by atoms with Crippen LogP contribution >= 0.6 is 0 Å². The fraction of sp³-hybridized carbons (Fsp3) is 0.240. The minimum absolute atomic E-state index is 0.299. The lowest BCUT2D eigenvalue weighted by Gasteiger charge is -2.20. The number of carbonyl (C=O) groups excluding carboxylic acids is 1. The van der Waals surface area contributed by atoms with Gasteiger partial charge in [0.1, 0.15) is 17.2 Å². The van der Waals surface area contributed by atoms with E-state index < -0.39 is 30.0 Å². The fourth-order valence-corrected chi connectivity index (χ4v) is 3.78. The number of aromatic nitrogens is 1. The quantitative estimate of drug-likeness (QED) is 0.387. The number of methoxy groups -OCH3 is 2. The van der Waals surface area contributed by atoms with Gasteiger partial charge < -0.3 is 34.9 Å². The van der Waals surface area contributed by atoms with Crippen LogP contribution in [0.15, 0.2) is 53.5 Å². The van der Waals surface area contributed by atoms with E-state index in [1.54, 1.807) is 43.3 Å². The summed E-state index contributed by atoms with van der Waals surface area (Å²) in [4.78, 5) is 36.7. The molecule has 3 aromatic rings. The Balaban J connectivity index is 1.96. The van der Waals surface area contributed by atoms with Crippen molar-refractivity contribution in [1.82, 2.24) is 9.88 Å². The summed E-state index contributed by atoms with van der Waals surface area (Å²) in [6, 6.07) is 10.5. The molecule has 0 saturated carbocycles. The molecule has 0 aliphatic carbocycles. The van der Waals surface area contributed by atoms with E-state index in [9.17, 15) is 24.6 Å². The summed E-state index contributed by atoms with van der Waals surface area (Å²) in [5, 5.41) is 24.6. The number of hydrogen-bond acceptors (Lipinski definition) is 6. The van der Waals surface area contributed by atoms with Crippen LogP contribution in [-0.4, -0.2) is 41.0 Å². The Bertz CT molecular complexity index is 1290. The third-order valence-corrected chi connectivity index (χ3v) is 5.46. The molecule has 0 saturated heterocycles. The maximum atomic E-state index is 12.7. The Labute approximate surface area is 201 Å². The molecular formula is C25H27N3O7. The molecule has 0 radical (unpaired) electrons. The molecule has 10 nitrogen and oxygen atoms in total. The summed E-state index contributed by atoms with van der Waals surface area (Å²) in [6.07, 6.45) is 1.02. The fourth-order valence-electron chi connectivity index (χ4n) is 3.78. The molecule has 184 valence electrons. The molecule has 0 fully saturated rings. The number of anilines is 1.